The molecule has 2 heterocycles. The molecule has 3 aromatic rings. The maximum atomic E-state index is 10.3. The van der Waals surface area contributed by atoms with Crippen molar-refractivity contribution in [3.05, 3.63) is 60.0 Å². The normalized spacial score (nSPS) is 12.7. The van der Waals surface area contributed by atoms with Gasteiger partial charge in [0.2, 0.25) is 0 Å². The summed E-state index contributed by atoms with van der Waals surface area (Å²) >= 11 is 0. The lowest BCUT2D eigenvalue weighted by Gasteiger charge is -2.11. The second kappa shape index (κ2) is 5.43. The average molecular weight is 267 g/mol. The van der Waals surface area contributed by atoms with Gasteiger partial charge in [-0.3, -0.25) is 9.67 Å². The molecule has 102 valence electrons. The zero-order valence-corrected chi connectivity index (χ0v) is 11.4. The van der Waals surface area contributed by atoms with Gasteiger partial charge in [-0.25, -0.2) is 0 Å². The van der Waals surface area contributed by atoms with E-state index in [1.54, 1.807) is 6.20 Å². The van der Waals surface area contributed by atoms with E-state index in [-0.39, 0.29) is 0 Å². The molecule has 0 aliphatic carbocycles. The van der Waals surface area contributed by atoms with E-state index in [0.29, 0.717) is 6.42 Å². The first-order valence-corrected chi connectivity index (χ1v) is 6.74. The molecule has 2 aromatic heterocycles. The van der Waals surface area contributed by atoms with Gasteiger partial charge in [0, 0.05) is 24.3 Å². The van der Waals surface area contributed by atoms with Crippen molar-refractivity contribution in [3.8, 4) is 0 Å². The summed E-state index contributed by atoms with van der Waals surface area (Å²) in [5.41, 5.74) is 2.76. The molecule has 20 heavy (non-hydrogen) atoms. The lowest BCUT2D eigenvalue weighted by atomic mass is 10.1. The number of rotatable bonds is 4. The van der Waals surface area contributed by atoms with Gasteiger partial charge in [0.15, 0.2) is 0 Å². The molecule has 0 amide bonds. The third-order valence-electron chi connectivity index (χ3n) is 3.56. The van der Waals surface area contributed by atoms with Crippen LogP contribution >= 0.6 is 0 Å². The van der Waals surface area contributed by atoms with Crippen LogP contribution in [0, 0.1) is 0 Å². The van der Waals surface area contributed by atoms with Crippen molar-refractivity contribution in [3.63, 3.8) is 0 Å². The predicted molar refractivity (Wildman–Crippen MR) is 78.2 cm³/mol. The molecule has 0 saturated carbocycles. The first kappa shape index (κ1) is 12.8. The van der Waals surface area contributed by atoms with Crippen LogP contribution in [-0.2, 0) is 13.5 Å². The van der Waals surface area contributed by atoms with E-state index in [9.17, 15) is 5.11 Å². The lowest BCUT2D eigenvalue weighted by molar-refractivity contribution is 0.163. The molecule has 4 nitrogen and oxygen atoms in total. The fourth-order valence-corrected chi connectivity index (χ4v) is 2.35. The number of aliphatic hydroxyl groups excluding tert-OH is 1. The second-order valence-corrected chi connectivity index (χ2v) is 4.93. The molecule has 0 spiro atoms. The third-order valence-corrected chi connectivity index (χ3v) is 3.56. The number of aryl methyl sites for hydroxylation is 2. The van der Waals surface area contributed by atoms with Gasteiger partial charge in [-0.15, -0.1) is 0 Å². The predicted octanol–water partition coefficient (Wildman–Crippen LogP) is 2.63. The first-order valence-electron chi connectivity index (χ1n) is 6.74. The highest BCUT2D eigenvalue weighted by Crippen LogP contribution is 2.20. The van der Waals surface area contributed by atoms with Gasteiger partial charge >= 0.3 is 0 Å². The van der Waals surface area contributed by atoms with Crippen LogP contribution in [0.25, 0.3) is 10.9 Å². The van der Waals surface area contributed by atoms with Crippen LogP contribution in [0.3, 0.4) is 0 Å². The number of hydrogen-bond acceptors (Lipinski definition) is 3. The minimum Gasteiger partial charge on any atom is -0.387 e. The van der Waals surface area contributed by atoms with Gasteiger partial charge in [-0.1, -0.05) is 24.3 Å². The number of benzene rings is 1. The zero-order valence-electron chi connectivity index (χ0n) is 11.4. The van der Waals surface area contributed by atoms with Crippen LogP contribution in [0.1, 0.15) is 23.9 Å². The summed E-state index contributed by atoms with van der Waals surface area (Å²) in [6.45, 7) is 0. The van der Waals surface area contributed by atoms with E-state index in [1.165, 1.54) is 0 Å². The summed E-state index contributed by atoms with van der Waals surface area (Å²) in [5.74, 6) is 0. The molecule has 3 rings (SSSR count). The van der Waals surface area contributed by atoms with E-state index >= 15 is 0 Å². The molecule has 1 aromatic carbocycles. The number of para-hydroxylation sites is 1. The van der Waals surface area contributed by atoms with Crippen molar-refractivity contribution in [2.75, 3.05) is 0 Å². The number of fused-ring (bicyclic) bond motifs is 1. The van der Waals surface area contributed by atoms with Gasteiger partial charge in [0.1, 0.15) is 0 Å². The molecular formula is C16H17N3O. The molecule has 0 aliphatic rings. The van der Waals surface area contributed by atoms with Gasteiger partial charge in [0.05, 0.1) is 17.3 Å². The fraction of sp³-hybridized carbons (Fsp3) is 0.250. The second-order valence-electron chi connectivity index (χ2n) is 4.93. The maximum Gasteiger partial charge on any atom is 0.0963 e. The summed E-state index contributed by atoms with van der Waals surface area (Å²) in [5, 5.41) is 15.5. The SMILES string of the molecule is Cn1nccc1CCC(O)c1ccc2ccccc2n1. The number of aliphatic hydroxyl groups is 1. The monoisotopic (exact) mass is 267 g/mol. The molecule has 0 bridgehead atoms. The Hall–Kier alpha value is -2.20. The van der Waals surface area contributed by atoms with Crippen LogP contribution in [0.2, 0.25) is 0 Å². The van der Waals surface area contributed by atoms with Crippen molar-refractivity contribution in [2.24, 2.45) is 7.05 Å². The highest BCUT2D eigenvalue weighted by atomic mass is 16.3. The maximum absolute atomic E-state index is 10.3. The molecule has 0 aliphatic heterocycles. The summed E-state index contributed by atoms with van der Waals surface area (Å²) in [4.78, 5) is 4.53. The van der Waals surface area contributed by atoms with Crippen LogP contribution < -0.4 is 0 Å². The van der Waals surface area contributed by atoms with E-state index in [0.717, 1.165) is 28.7 Å². The largest absolute Gasteiger partial charge is 0.387 e. The van der Waals surface area contributed by atoms with Gasteiger partial charge < -0.3 is 5.11 Å². The quantitative estimate of drug-likeness (QED) is 0.790. The Morgan fingerprint density at radius 3 is 2.80 bits per heavy atom. The Labute approximate surface area is 117 Å². The van der Waals surface area contributed by atoms with Crippen molar-refractivity contribution in [1.29, 1.82) is 0 Å². The van der Waals surface area contributed by atoms with E-state index in [2.05, 4.69) is 10.1 Å². The molecule has 0 saturated heterocycles. The van der Waals surface area contributed by atoms with Crippen molar-refractivity contribution in [1.82, 2.24) is 14.8 Å². The van der Waals surface area contributed by atoms with Crippen LogP contribution in [-0.4, -0.2) is 19.9 Å². The summed E-state index contributed by atoms with van der Waals surface area (Å²) in [7, 11) is 1.91. The van der Waals surface area contributed by atoms with Crippen LogP contribution in [0.4, 0.5) is 0 Å². The standard InChI is InChI=1S/C16H17N3O/c1-19-13(10-11-17-19)7-9-16(20)15-8-6-12-4-2-3-5-14(12)18-15/h2-6,8,10-11,16,20H,7,9H2,1H3. The molecule has 1 N–H and O–H groups in total. The first-order chi connectivity index (χ1) is 9.74. The van der Waals surface area contributed by atoms with E-state index in [1.807, 2.05) is 54.2 Å². The number of hydrogen-bond donors (Lipinski definition) is 1. The molecule has 0 radical (unpaired) electrons. The Morgan fingerprint density at radius 1 is 1.15 bits per heavy atom. The minimum atomic E-state index is -0.547. The lowest BCUT2D eigenvalue weighted by Crippen LogP contribution is -2.05. The molecule has 0 fully saturated rings. The molecule has 1 atom stereocenters. The Bertz CT molecular complexity index is 720. The summed E-state index contributed by atoms with van der Waals surface area (Å²) in [6, 6.07) is 13.8. The number of aromatic nitrogens is 3. The van der Waals surface area contributed by atoms with E-state index < -0.39 is 6.10 Å². The van der Waals surface area contributed by atoms with Crippen molar-refractivity contribution >= 4 is 10.9 Å². The smallest absolute Gasteiger partial charge is 0.0963 e. The Balaban J connectivity index is 1.75. The summed E-state index contributed by atoms with van der Waals surface area (Å²) < 4.78 is 1.83. The van der Waals surface area contributed by atoms with Gasteiger partial charge in [-0.05, 0) is 31.0 Å². The number of nitrogens with zero attached hydrogens (tertiary/aromatic N) is 3. The van der Waals surface area contributed by atoms with Crippen molar-refractivity contribution in [2.45, 2.75) is 18.9 Å². The molecule has 4 heteroatoms. The number of pyridine rings is 1. The fourth-order valence-electron chi connectivity index (χ4n) is 2.35. The van der Waals surface area contributed by atoms with Gasteiger partial charge in [0.25, 0.3) is 0 Å². The Kier molecular flexibility index (Phi) is 3.48. The highest BCUT2D eigenvalue weighted by molar-refractivity contribution is 5.78. The zero-order chi connectivity index (χ0) is 13.9. The Morgan fingerprint density at radius 2 is 2.00 bits per heavy atom. The van der Waals surface area contributed by atoms with Crippen LogP contribution in [0.5, 0.6) is 0 Å². The molecule has 1 unspecified atom stereocenters. The molecular weight excluding hydrogens is 250 g/mol. The average Bonchev–Trinajstić information content (AvgIpc) is 2.89. The van der Waals surface area contributed by atoms with Crippen LogP contribution in [0.15, 0.2) is 48.7 Å². The summed E-state index contributed by atoms with van der Waals surface area (Å²) in [6.07, 6.45) is 2.65. The highest BCUT2D eigenvalue weighted by Gasteiger charge is 2.11. The minimum absolute atomic E-state index is 0.547. The van der Waals surface area contributed by atoms with Gasteiger partial charge in [-0.2, -0.15) is 5.10 Å². The third kappa shape index (κ3) is 2.56. The topological polar surface area (TPSA) is 50.9 Å². The van der Waals surface area contributed by atoms with E-state index in [4.69, 9.17) is 0 Å². The van der Waals surface area contributed by atoms with Crippen molar-refractivity contribution < 1.29 is 5.11 Å².